The van der Waals surface area contributed by atoms with E-state index in [4.69, 9.17) is 4.74 Å². The van der Waals surface area contributed by atoms with Gasteiger partial charge in [0, 0.05) is 19.0 Å². The molecule has 5 nitrogen and oxygen atoms in total. The number of benzene rings is 1. The molecule has 2 aromatic rings. The second kappa shape index (κ2) is 9.92. The second-order valence-corrected chi connectivity index (χ2v) is 8.81. The van der Waals surface area contributed by atoms with Crippen molar-refractivity contribution in [2.45, 2.75) is 45.7 Å². The summed E-state index contributed by atoms with van der Waals surface area (Å²) in [6.07, 6.45) is 3.33. The monoisotopic (exact) mass is 402 g/mol. The summed E-state index contributed by atoms with van der Waals surface area (Å²) >= 11 is 1.55. The van der Waals surface area contributed by atoms with Gasteiger partial charge in [-0.1, -0.05) is 55.9 Å². The fraction of sp³-hybridized carbons (Fsp3) is 0.500. The van der Waals surface area contributed by atoms with Crippen molar-refractivity contribution in [2.24, 2.45) is 18.4 Å². The highest BCUT2D eigenvalue weighted by Gasteiger charge is 2.32. The Kier molecular flexibility index (Phi) is 7.87. The van der Waals surface area contributed by atoms with E-state index in [2.05, 4.69) is 4.98 Å². The second-order valence-electron chi connectivity index (χ2n) is 7.75. The maximum absolute atomic E-state index is 12.6. The first kappa shape index (κ1) is 22.2. The molecule has 152 valence electrons. The molecule has 28 heavy (non-hydrogen) atoms. The molecule has 0 saturated carbocycles. The van der Waals surface area contributed by atoms with E-state index in [9.17, 15) is 9.59 Å². The topological polar surface area (TPSA) is 61.2 Å². The standard InChI is InChI=1S/C22H30N2O3S/c1-16(2)22(3,4)20(26)27-13-9-10-14-28-21-23-15-18(19(25)24(21)5)17-11-7-6-8-12-17/h6-8,11-12,15-16H,9-10,13-14H2,1-5H3. The summed E-state index contributed by atoms with van der Waals surface area (Å²) < 4.78 is 7.00. The quantitative estimate of drug-likeness (QED) is 0.267. The minimum Gasteiger partial charge on any atom is -0.465 e. The van der Waals surface area contributed by atoms with Gasteiger partial charge >= 0.3 is 5.97 Å². The van der Waals surface area contributed by atoms with Crippen molar-refractivity contribution in [2.75, 3.05) is 12.4 Å². The Bertz CT molecular complexity index is 845. The molecule has 0 aliphatic carbocycles. The van der Waals surface area contributed by atoms with Gasteiger partial charge in [-0.15, -0.1) is 0 Å². The molecular formula is C22H30N2O3S. The number of unbranched alkanes of at least 4 members (excludes halogenated alkanes) is 1. The van der Waals surface area contributed by atoms with Gasteiger partial charge in [-0.25, -0.2) is 4.98 Å². The van der Waals surface area contributed by atoms with Crippen molar-refractivity contribution in [3.63, 3.8) is 0 Å². The van der Waals surface area contributed by atoms with E-state index in [0.717, 1.165) is 24.2 Å². The summed E-state index contributed by atoms with van der Waals surface area (Å²) in [5, 5.41) is 0.697. The zero-order valence-electron chi connectivity index (χ0n) is 17.4. The van der Waals surface area contributed by atoms with Gasteiger partial charge in [0.2, 0.25) is 0 Å². The first-order valence-corrected chi connectivity index (χ1v) is 10.6. The van der Waals surface area contributed by atoms with Crippen LogP contribution in [0.2, 0.25) is 0 Å². The number of carbonyl (C=O) groups is 1. The van der Waals surface area contributed by atoms with Gasteiger partial charge in [0.25, 0.3) is 5.56 Å². The number of nitrogens with zero attached hydrogens (tertiary/aromatic N) is 2. The van der Waals surface area contributed by atoms with Gasteiger partial charge in [0.15, 0.2) is 5.16 Å². The average molecular weight is 403 g/mol. The predicted octanol–water partition coefficient (Wildman–Crippen LogP) is 4.55. The highest BCUT2D eigenvalue weighted by molar-refractivity contribution is 7.99. The van der Waals surface area contributed by atoms with Crippen molar-refractivity contribution in [1.29, 1.82) is 0 Å². The molecule has 1 aromatic heterocycles. The number of hydrogen-bond donors (Lipinski definition) is 0. The number of aromatic nitrogens is 2. The van der Waals surface area contributed by atoms with Crippen LogP contribution in [0, 0.1) is 11.3 Å². The van der Waals surface area contributed by atoms with Gasteiger partial charge in [0.05, 0.1) is 17.6 Å². The number of esters is 1. The lowest BCUT2D eigenvalue weighted by molar-refractivity contribution is -0.156. The van der Waals surface area contributed by atoms with Crippen molar-refractivity contribution in [3.8, 4) is 11.1 Å². The molecular weight excluding hydrogens is 372 g/mol. The molecule has 6 heteroatoms. The van der Waals surface area contributed by atoms with Crippen LogP contribution in [0.25, 0.3) is 11.1 Å². The van der Waals surface area contributed by atoms with Crippen LogP contribution < -0.4 is 5.56 Å². The average Bonchev–Trinajstić information content (AvgIpc) is 2.68. The van der Waals surface area contributed by atoms with E-state index < -0.39 is 5.41 Å². The van der Waals surface area contributed by atoms with Crippen LogP contribution in [0.4, 0.5) is 0 Å². The molecule has 0 atom stereocenters. The summed E-state index contributed by atoms with van der Waals surface area (Å²) in [4.78, 5) is 29.2. The summed E-state index contributed by atoms with van der Waals surface area (Å²) in [6.45, 7) is 8.31. The fourth-order valence-electron chi connectivity index (χ4n) is 2.43. The first-order chi connectivity index (χ1) is 13.2. The van der Waals surface area contributed by atoms with E-state index in [0.29, 0.717) is 17.3 Å². The van der Waals surface area contributed by atoms with Crippen molar-refractivity contribution < 1.29 is 9.53 Å². The Hall–Kier alpha value is -2.08. The molecule has 0 fully saturated rings. The lowest BCUT2D eigenvalue weighted by Crippen LogP contribution is -2.32. The van der Waals surface area contributed by atoms with E-state index >= 15 is 0 Å². The normalized spacial score (nSPS) is 11.6. The SMILES string of the molecule is CC(C)C(C)(C)C(=O)OCCCCSc1ncc(-c2ccccc2)c(=O)n1C. The zero-order chi connectivity index (χ0) is 20.7. The third-order valence-corrected chi connectivity index (χ3v) is 6.31. The summed E-state index contributed by atoms with van der Waals surface area (Å²) in [5.41, 5.74) is 0.969. The molecule has 0 aliphatic rings. The van der Waals surface area contributed by atoms with E-state index in [-0.39, 0.29) is 17.4 Å². The van der Waals surface area contributed by atoms with E-state index in [1.165, 1.54) is 0 Å². The number of hydrogen-bond acceptors (Lipinski definition) is 5. The Morgan fingerprint density at radius 1 is 1.21 bits per heavy atom. The minimum absolute atomic E-state index is 0.0476. The van der Waals surface area contributed by atoms with Gasteiger partial charge in [-0.2, -0.15) is 0 Å². The maximum atomic E-state index is 12.6. The van der Waals surface area contributed by atoms with Crippen LogP contribution in [0.1, 0.15) is 40.5 Å². The summed E-state index contributed by atoms with van der Waals surface area (Å²) in [6, 6.07) is 9.56. The smallest absolute Gasteiger partial charge is 0.311 e. The molecule has 0 saturated heterocycles. The zero-order valence-corrected chi connectivity index (χ0v) is 18.2. The van der Waals surface area contributed by atoms with Gasteiger partial charge in [-0.05, 0) is 38.2 Å². The molecule has 0 spiro atoms. The largest absolute Gasteiger partial charge is 0.465 e. The Balaban J connectivity index is 1.82. The fourth-order valence-corrected chi connectivity index (χ4v) is 3.37. The third kappa shape index (κ3) is 5.47. The van der Waals surface area contributed by atoms with Crippen LogP contribution in [-0.4, -0.2) is 27.9 Å². The minimum atomic E-state index is -0.461. The van der Waals surface area contributed by atoms with Crippen LogP contribution in [0.5, 0.6) is 0 Å². The highest BCUT2D eigenvalue weighted by Crippen LogP contribution is 2.27. The van der Waals surface area contributed by atoms with Crippen LogP contribution in [-0.2, 0) is 16.6 Å². The summed E-state index contributed by atoms with van der Waals surface area (Å²) in [7, 11) is 1.75. The Morgan fingerprint density at radius 2 is 1.89 bits per heavy atom. The molecule has 2 rings (SSSR count). The first-order valence-electron chi connectivity index (χ1n) is 9.66. The third-order valence-electron chi connectivity index (χ3n) is 5.18. The number of carbonyl (C=O) groups excluding carboxylic acids is 1. The van der Waals surface area contributed by atoms with Gasteiger partial charge in [-0.3, -0.25) is 14.2 Å². The lowest BCUT2D eigenvalue weighted by atomic mass is 9.81. The van der Waals surface area contributed by atoms with Crippen molar-refractivity contribution in [3.05, 3.63) is 46.9 Å². The van der Waals surface area contributed by atoms with Crippen LogP contribution in [0.3, 0.4) is 0 Å². The predicted molar refractivity (Wildman–Crippen MR) is 114 cm³/mol. The summed E-state index contributed by atoms with van der Waals surface area (Å²) in [5.74, 6) is 0.910. The number of rotatable bonds is 9. The molecule has 1 heterocycles. The molecule has 0 bridgehead atoms. The van der Waals surface area contributed by atoms with Crippen LogP contribution in [0.15, 0.2) is 46.5 Å². The molecule has 1 aromatic carbocycles. The van der Waals surface area contributed by atoms with Gasteiger partial charge in [0.1, 0.15) is 0 Å². The van der Waals surface area contributed by atoms with Gasteiger partial charge < -0.3 is 4.74 Å². The number of ether oxygens (including phenoxy) is 1. The Morgan fingerprint density at radius 3 is 2.54 bits per heavy atom. The Labute approximate surface area is 171 Å². The van der Waals surface area contributed by atoms with E-state index in [1.54, 1.807) is 29.6 Å². The molecule has 0 aliphatic heterocycles. The van der Waals surface area contributed by atoms with Crippen molar-refractivity contribution >= 4 is 17.7 Å². The van der Waals surface area contributed by atoms with Crippen LogP contribution >= 0.6 is 11.8 Å². The maximum Gasteiger partial charge on any atom is 0.311 e. The molecule has 0 amide bonds. The molecule has 0 radical (unpaired) electrons. The van der Waals surface area contributed by atoms with Crippen molar-refractivity contribution in [1.82, 2.24) is 9.55 Å². The van der Waals surface area contributed by atoms with E-state index in [1.807, 2.05) is 58.0 Å². The molecule has 0 unspecified atom stereocenters. The molecule has 0 N–H and O–H groups in total. The lowest BCUT2D eigenvalue weighted by Gasteiger charge is -2.26. The highest BCUT2D eigenvalue weighted by atomic mass is 32.2. The number of thioether (sulfide) groups is 1.